The highest BCUT2D eigenvalue weighted by Crippen LogP contribution is 2.22. The van der Waals surface area contributed by atoms with Crippen molar-refractivity contribution in [1.29, 1.82) is 0 Å². The second kappa shape index (κ2) is 5.46. The van der Waals surface area contributed by atoms with Crippen molar-refractivity contribution in [3.8, 4) is 0 Å². The molecule has 0 radical (unpaired) electrons. The van der Waals surface area contributed by atoms with E-state index in [4.69, 9.17) is 5.73 Å². The molecule has 0 saturated carbocycles. The normalized spacial score (nSPS) is 12.0. The number of nitrogens with zero attached hydrogens (tertiary/aromatic N) is 2. The highest BCUT2D eigenvalue weighted by atomic mass is 16.2. The third kappa shape index (κ3) is 2.93. The third-order valence-corrected chi connectivity index (χ3v) is 2.31. The molecule has 1 unspecified atom stereocenters. The zero-order valence-electron chi connectivity index (χ0n) is 9.90. The number of pyridine rings is 1. The summed E-state index contributed by atoms with van der Waals surface area (Å²) < 4.78 is 0. The monoisotopic (exact) mass is 222 g/mol. The number of anilines is 2. The summed E-state index contributed by atoms with van der Waals surface area (Å²) in [6.07, 6.45) is 3.92. The van der Waals surface area contributed by atoms with Crippen LogP contribution in [-0.2, 0) is 4.79 Å². The van der Waals surface area contributed by atoms with Crippen molar-refractivity contribution in [2.24, 2.45) is 5.73 Å². The van der Waals surface area contributed by atoms with E-state index in [-0.39, 0.29) is 5.91 Å². The van der Waals surface area contributed by atoms with Gasteiger partial charge in [0.25, 0.3) is 0 Å². The molecule has 1 atom stereocenters. The van der Waals surface area contributed by atoms with Gasteiger partial charge in [-0.25, -0.2) is 0 Å². The van der Waals surface area contributed by atoms with Crippen LogP contribution in [0.3, 0.4) is 0 Å². The van der Waals surface area contributed by atoms with Crippen LogP contribution in [0, 0.1) is 0 Å². The molecule has 0 bridgehead atoms. The number of carbonyl (C=O) groups is 1. The number of carbonyl (C=O) groups excluding carboxylic acids is 1. The molecule has 5 nitrogen and oxygen atoms in total. The molecule has 1 amide bonds. The zero-order valence-corrected chi connectivity index (χ0v) is 9.90. The number of amides is 1. The second-order valence-corrected chi connectivity index (χ2v) is 3.79. The Bertz CT molecular complexity index is 365. The average molecular weight is 222 g/mol. The first kappa shape index (κ1) is 12.4. The lowest BCUT2D eigenvalue weighted by Crippen LogP contribution is -2.35. The van der Waals surface area contributed by atoms with Crippen molar-refractivity contribution in [2.45, 2.75) is 19.4 Å². The van der Waals surface area contributed by atoms with Gasteiger partial charge in [-0.15, -0.1) is 0 Å². The van der Waals surface area contributed by atoms with Gasteiger partial charge in [-0.05, 0) is 12.5 Å². The summed E-state index contributed by atoms with van der Waals surface area (Å²) in [6, 6.07) is 1.36. The fourth-order valence-electron chi connectivity index (χ4n) is 1.28. The highest BCUT2D eigenvalue weighted by Gasteiger charge is 2.13. The average Bonchev–Trinajstić information content (AvgIpc) is 2.28. The Morgan fingerprint density at radius 3 is 2.88 bits per heavy atom. The Kier molecular flexibility index (Phi) is 4.25. The molecule has 0 aromatic carbocycles. The second-order valence-electron chi connectivity index (χ2n) is 3.79. The lowest BCUT2D eigenvalue weighted by Gasteiger charge is -2.18. The molecule has 0 saturated heterocycles. The molecule has 0 aliphatic heterocycles. The van der Waals surface area contributed by atoms with Crippen molar-refractivity contribution in [2.75, 3.05) is 24.3 Å². The molecule has 1 rings (SSSR count). The molecular formula is C11H18N4O. The van der Waals surface area contributed by atoms with Crippen LogP contribution >= 0.6 is 0 Å². The van der Waals surface area contributed by atoms with E-state index in [2.05, 4.69) is 10.3 Å². The van der Waals surface area contributed by atoms with Gasteiger partial charge in [0.2, 0.25) is 5.91 Å². The molecule has 16 heavy (non-hydrogen) atoms. The minimum atomic E-state index is -0.477. The number of rotatable bonds is 4. The maximum atomic E-state index is 11.6. The summed E-state index contributed by atoms with van der Waals surface area (Å²) in [5, 5.41) is 2.77. The molecule has 1 aromatic heterocycles. The molecule has 5 heteroatoms. The predicted octanol–water partition coefficient (Wildman–Crippen LogP) is 0.823. The van der Waals surface area contributed by atoms with Gasteiger partial charge in [0, 0.05) is 20.3 Å². The highest BCUT2D eigenvalue weighted by molar-refractivity contribution is 5.97. The SMILES string of the molecule is CCC(N)C(=O)Nc1cnccc1N(C)C. The van der Waals surface area contributed by atoms with E-state index in [0.717, 1.165) is 5.69 Å². The summed E-state index contributed by atoms with van der Waals surface area (Å²) >= 11 is 0. The van der Waals surface area contributed by atoms with Crippen molar-refractivity contribution < 1.29 is 4.79 Å². The van der Waals surface area contributed by atoms with Crippen molar-refractivity contribution in [3.05, 3.63) is 18.5 Å². The van der Waals surface area contributed by atoms with Crippen molar-refractivity contribution in [1.82, 2.24) is 4.98 Å². The van der Waals surface area contributed by atoms with E-state index < -0.39 is 6.04 Å². The van der Waals surface area contributed by atoms with Gasteiger partial charge < -0.3 is 16.0 Å². The fourth-order valence-corrected chi connectivity index (χ4v) is 1.28. The minimum Gasteiger partial charge on any atom is -0.376 e. The van der Waals surface area contributed by atoms with Gasteiger partial charge in [0.15, 0.2) is 0 Å². The topological polar surface area (TPSA) is 71.2 Å². The molecule has 0 aliphatic carbocycles. The molecule has 1 aromatic rings. The molecule has 0 fully saturated rings. The van der Waals surface area contributed by atoms with Crippen molar-refractivity contribution >= 4 is 17.3 Å². The number of nitrogens with one attached hydrogen (secondary N) is 1. The van der Waals surface area contributed by atoms with Crippen LogP contribution < -0.4 is 16.0 Å². The Balaban J connectivity index is 2.84. The Morgan fingerprint density at radius 1 is 1.62 bits per heavy atom. The van der Waals surface area contributed by atoms with Crippen LogP contribution in [0.25, 0.3) is 0 Å². The molecule has 3 N–H and O–H groups in total. The lowest BCUT2D eigenvalue weighted by molar-refractivity contribution is -0.117. The van der Waals surface area contributed by atoms with Crippen LogP contribution in [-0.4, -0.2) is 31.0 Å². The summed E-state index contributed by atoms with van der Waals surface area (Å²) in [5.74, 6) is -0.182. The predicted molar refractivity (Wildman–Crippen MR) is 65.5 cm³/mol. The van der Waals surface area contributed by atoms with Crippen LogP contribution in [0.15, 0.2) is 18.5 Å². The quantitative estimate of drug-likeness (QED) is 0.791. The van der Waals surface area contributed by atoms with Gasteiger partial charge in [-0.3, -0.25) is 9.78 Å². The third-order valence-electron chi connectivity index (χ3n) is 2.31. The van der Waals surface area contributed by atoms with Crippen LogP contribution in [0.2, 0.25) is 0 Å². The number of nitrogens with two attached hydrogens (primary N) is 1. The molecule has 1 heterocycles. The fraction of sp³-hybridized carbons (Fsp3) is 0.455. The summed E-state index contributed by atoms with van der Waals surface area (Å²) in [4.78, 5) is 17.5. The van der Waals surface area contributed by atoms with E-state index in [0.29, 0.717) is 12.1 Å². The van der Waals surface area contributed by atoms with E-state index in [1.54, 1.807) is 12.4 Å². The Morgan fingerprint density at radius 2 is 2.31 bits per heavy atom. The molecule has 0 spiro atoms. The van der Waals surface area contributed by atoms with Crippen LogP contribution in [0.4, 0.5) is 11.4 Å². The number of aromatic nitrogens is 1. The van der Waals surface area contributed by atoms with Gasteiger partial charge in [0.05, 0.1) is 23.6 Å². The molecular weight excluding hydrogens is 204 g/mol. The first-order valence-corrected chi connectivity index (χ1v) is 5.24. The van der Waals surface area contributed by atoms with Crippen molar-refractivity contribution in [3.63, 3.8) is 0 Å². The lowest BCUT2D eigenvalue weighted by atomic mass is 10.2. The minimum absolute atomic E-state index is 0.182. The van der Waals surface area contributed by atoms with E-state index >= 15 is 0 Å². The first-order chi connectivity index (χ1) is 7.56. The summed E-state index contributed by atoms with van der Waals surface area (Å²) in [5.41, 5.74) is 7.24. The zero-order chi connectivity index (χ0) is 12.1. The van der Waals surface area contributed by atoms with E-state index in [1.807, 2.05) is 32.0 Å². The maximum Gasteiger partial charge on any atom is 0.241 e. The molecule has 88 valence electrons. The van der Waals surface area contributed by atoms with Gasteiger partial charge >= 0.3 is 0 Å². The smallest absolute Gasteiger partial charge is 0.241 e. The van der Waals surface area contributed by atoms with E-state index in [9.17, 15) is 4.79 Å². The maximum absolute atomic E-state index is 11.6. The Labute approximate surface area is 95.7 Å². The van der Waals surface area contributed by atoms with Crippen LogP contribution in [0.5, 0.6) is 0 Å². The van der Waals surface area contributed by atoms with Crippen LogP contribution in [0.1, 0.15) is 13.3 Å². The van der Waals surface area contributed by atoms with Gasteiger partial charge in [0.1, 0.15) is 0 Å². The van der Waals surface area contributed by atoms with E-state index in [1.165, 1.54) is 0 Å². The summed E-state index contributed by atoms with van der Waals surface area (Å²) in [7, 11) is 3.81. The molecule has 0 aliphatic rings. The largest absolute Gasteiger partial charge is 0.376 e. The standard InChI is InChI=1S/C11H18N4O/c1-4-8(12)11(16)14-9-7-13-6-5-10(9)15(2)3/h5-8H,4,12H2,1-3H3,(H,14,16). The van der Waals surface area contributed by atoms with Gasteiger partial charge in [-0.2, -0.15) is 0 Å². The summed E-state index contributed by atoms with van der Waals surface area (Å²) in [6.45, 7) is 1.88. The Hall–Kier alpha value is -1.62. The number of hydrogen-bond donors (Lipinski definition) is 2. The van der Waals surface area contributed by atoms with Gasteiger partial charge in [-0.1, -0.05) is 6.92 Å². The first-order valence-electron chi connectivity index (χ1n) is 5.24. The number of hydrogen-bond acceptors (Lipinski definition) is 4.